The normalized spacial score (nSPS) is 20.5. The van der Waals surface area contributed by atoms with Crippen molar-refractivity contribution in [2.24, 2.45) is 5.92 Å². The number of hydrogen-bond donors (Lipinski definition) is 1. The number of amides is 1. The van der Waals surface area contributed by atoms with Gasteiger partial charge in [-0.2, -0.15) is 0 Å². The third kappa shape index (κ3) is 2.89. The number of nitrogens with one attached hydrogen (secondary N) is 1. The summed E-state index contributed by atoms with van der Waals surface area (Å²) in [5.41, 5.74) is 2.23. The number of carbonyl (C=O) groups excluding carboxylic acids is 1. The number of carbonyl (C=O) groups is 1. The Bertz CT molecular complexity index is 696. The van der Waals surface area contributed by atoms with Gasteiger partial charge in [0.15, 0.2) is 0 Å². The maximum atomic E-state index is 13.9. The standard InChI is InChI=1S/C17H19FN2O2/c1-10-6-7-13-14(4-3-5-15(13)18)17(10)19-16(21)9-12-8-11(2)22-20-12/h3-5,8,10,17H,6-7,9H2,1-2H3,(H,19,21). The van der Waals surface area contributed by atoms with E-state index in [0.29, 0.717) is 11.5 Å². The van der Waals surface area contributed by atoms with Crippen LogP contribution in [-0.4, -0.2) is 11.1 Å². The van der Waals surface area contributed by atoms with Crippen molar-refractivity contribution in [3.05, 3.63) is 52.7 Å². The topological polar surface area (TPSA) is 55.1 Å². The summed E-state index contributed by atoms with van der Waals surface area (Å²) in [6.45, 7) is 3.87. The zero-order valence-electron chi connectivity index (χ0n) is 12.7. The molecule has 0 aliphatic heterocycles. The number of aryl methyl sites for hydroxylation is 1. The van der Waals surface area contributed by atoms with Crippen LogP contribution in [0.1, 0.15) is 42.0 Å². The second-order valence-corrected chi connectivity index (χ2v) is 5.97. The maximum Gasteiger partial charge on any atom is 0.226 e. The lowest BCUT2D eigenvalue weighted by Gasteiger charge is -2.32. The minimum Gasteiger partial charge on any atom is -0.361 e. The molecule has 0 spiro atoms. The van der Waals surface area contributed by atoms with E-state index in [-0.39, 0.29) is 30.1 Å². The molecule has 1 aliphatic carbocycles. The average Bonchev–Trinajstić information content (AvgIpc) is 2.87. The van der Waals surface area contributed by atoms with Crippen LogP contribution in [0.15, 0.2) is 28.8 Å². The van der Waals surface area contributed by atoms with Gasteiger partial charge < -0.3 is 9.84 Å². The van der Waals surface area contributed by atoms with Crippen molar-refractivity contribution in [3.8, 4) is 0 Å². The largest absolute Gasteiger partial charge is 0.361 e. The third-order valence-corrected chi connectivity index (χ3v) is 4.24. The number of halogens is 1. The third-order valence-electron chi connectivity index (χ3n) is 4.24. The van der Waals surface area contributed by atoms with Crippen LogP contribution in [0.5, 0.6) is 0 Å². The van der Waals surface area contributed by atoms with Gasteiger partial charge in [-0.25, -0.2) is 4.39 Å². The number of fused-ring (bicyclic) bond motifs is 1. The van der Waals surface area contributed by atoms with Crippen LogP contribution < -0.4 is 5.32 Å². The first kappa shape index (κ1) is 14.8. The second-order valence-electron chi connectivity index (χ2n) is 5.97. The zero-order chi connectivity index (χ0) is 15.7. The van der Waals surface area contributed by atoms with Gasteiger partial charge in [-0.15, -0.1) is 0 Å². The predicted octanol–water partition coefficient (Wildman–Crippen LogP) is 3.10. The highest BCUT2D eigenvalue weighted by molar-refractivity contribution is 5.78. The van der Waals surface area contributed by atoms with Crippen molar-refractivity contribution < 1.29 is 13.7 Å². The van der Waals surface area contributed by atoms with E-state index in [1.54, 1.807) is 19.1 Å². The van der Waals surface area contributed by atoms with E-state index in [4.69, 9.17) is 4.52 Å². The number of nitrogens with zero attached hydrogens (tertiary/aromatic N) is 1. The highest BCUT2D eigenvalue weighted by atomic mass is 19.1. The van der Waals surface area contributed by atoms with Crippen molar-refractivity contribution in [2.45, 2.75) is 39.2 Å². The highest BCUT2D eigenvalue weighted by Crippen LogP contribution is 2.35. The Morgan fingerprint density at radius 3 is 3.05 bits per heavy atom. The molecule has 2 aromatic rings. The molecule has 1 aromatic heterocycles. The molecule has 22 heavy (non-hydrogen) atoms. The van der Waals surface area contributed by atoms with Gasteiger partial charge in [-0.3, -0.25) is 4.79 Å². The van der Waals surface area contributed by atoms with E-state index < -0.39 is 0 Å². The summed E-state index contributed by atoms with van der Waals surface area (Å²) in [5.74, 6) is 0.650. The molecule has 116 valence electrons. The SMILES string of the molecule is Cc1cc(CC(=O)NC2c3cccc(F)c3CCC2C)no1. The molecule has 0 saturated carbocycles. The molecule has 5 heteroatoms. The van der Waals surface area contributed by atoms with E-state index in [1.165, 1.54) is 6.07 Å². The van der Waals surface area contributed by atoms with Gasteiger partial charge in [-0.1, -0.05) is 24.2 Å². The first-order valence-corrected chi connectivity index (χ1v) is 7.53. The summed E-state index contributed by atoms with van der Waals surface area (Å²) < 4.78 is 18.9. The fraction of sp³-hybridized carbons (Fsp3) is 0.412. The summed E-state index contributed by atoms with van der Waals surface area (Å²) in [6, 6.07) is 6.68. The van der Waals surface area contributed by atoms with Gasteiger partial charge in [0.05, 0.1) is 18.2 Å². The minimum atomic E-state index is -0.184. The summed E-state index contributed by atoms with van der Waals surface area (Å²) in [5, 5.41) is 6.85. The van der Waals surface area contributed by atoms with E-state index in [0.717, 1.165) is 24.0 Å². The van der Waals surface area contributed by atoms with Crippen molar-refractivity contribution in [1.82, 2.24) is 10.5 Å². The Morgan fingerprint density at radius 1 is 1.50 bits per heavy atom. The highest BCUT2D eigenvalue weighted by Gasteiger charge is 2.29. The van der Waals surface area contributed by atoms with Crippen molar-refractivity contribution in [3.63, 3.8) is 0 Å². The van der Waals surface area contributed by atoms with E-state index in [2.05, 4.69) is 17.4 Å². The van der Waals surface area contributed by atoms with Gasteiger partial charge in [0.2, 0.25) is 5.91 Å². The lowest BCUT2D eigenvalue weighted by atomic mass is 9.80. The number of hydrogen-bond acceptors (Lipinski definition) is 3. The lowest BCUT2D eigenvalue weighted by Crippen LogP contribution is -2.36. The van der Waals surface area contributed by atoms with Crippen LogP contribution in [-0.2, 0) is 17.6 Å². The molecule has 1 heterocycles. The quantitative estimate of drug-likeness (QED) is 0.948. The van der Waals surface area contributed by atoms with Gasteiger partial charge in [0.25, 0.3) is 0 Å². The summed E-state index contributed by atoms with van der Waals surface area (Å²) in [6.07, 6.45) is 1.76. The van der Waals surface area contributed by atoms with E-state index in [9.17, 15) is 9.18 Å². The minimum absolute atomic E-state index is 0.123. The molecule has 0 fully saturated rings. The maximum absolute atomic E-state index is 13.9. The van der Waals surface area contributed by atoms with Gasteiger partial charge >= 0.3 is 0 Å². The molecule has 1 N–H and O–H groups in total. The van der Waals surface area contributed by atoms with Crippen LogP contribution in [0.2, 0.25) is 0 Å². The summed E-state index contributed by atoms with van der Waals surface area (Å²) >= 11 is 0. The first-order chi connectivity index (χ1) is 10.5. The summed E-state index contributed by atoms with van der Waals surface area (Å²) in [7, 11) is 0. The molecule has 1 aliphatic rings. The lowest BCUT2D eigenvalue weighted by molar-refractivity contribution is -0.121. The van der Waals surface area contributed by atoms with Crippen molar-refractivity contribution >= 4 is 5.91 Å². The zero-order valence-corrected chi connectivity index (χ0v) is 12.7. The number of benzene rings is 1. The van der Waals surface area contributed by atoms with Crippen molar-refractivity contribution in [2.75, 3.05) is 0 Å². The molecule has 0 radical (unpaired) electrons. The van der Waals surface area contributed by atoms with Crippen molar-refractivity contribution in [1.29, 1.82) is 0 Å². The molecule has 2 unspecified atom stereocenters. The predicted molar refractivity (Wildman–Crippen MR) is 79.7 cm³/mol. The Balaban J connectivity index is 1.77. The monoisotopic (exact) mass is 302 g/mol. The molecular weight excluding hydrogens is 283 g/mol. The molecule has 1 aromatic carbocycles. The Labute approximate surface area is 128 Å². The first-order valence-electron chi connectivity index (χ1n) is 7.53. The van der Waals surface area contributed by atoms with Gasteiger partial charge in [0, 0.05) is 6.07 Å². The second kappa shape index (κ2) is 5.91. The average molecular weight is 302 g/mol. The Hall–Kier alpha value is -2.17. The molecule has 4 nitrogen and oxygen atoms in total. The Kier molecular flexibility index (Phi) is 3.96. The number of rotatable bonds is 3. The van der Waals surface area contributed by atoms with Crippen LogP contribution in [0.4, 0.5) is 4.39 Å². The Morgan fingerprint density at radius 2 is 2.32 bits per heavy atom. The molecule has 0 bridgehead atoms. The molecule has 0 saturated heterocycles. The van der Waals surface area contributed by atoms with Crippen LogP contribution in [0.25, 0.3) is 0 Å². The molecule has 1 amide bonds. The fourth-order valence-corrected chi connectivity index (χ4v) is 3.09. The van der Waals surface area contributed by atoms with Gasteiger partial charge in [-0.05, 0) is 42.9 Å². The smallest absolute Gasteiger partial charge is 0.226 e. The fourth-order valence-electron chi connectivity index (χ4n) is 3.09. The molecular formula is C17H19FN2O2. The van der Waals surface area contributed by atoms with Gasteiger partial charge in [0.1, 0.15) is 11.6 Å². The summed E-state index contributed by atoms with van der Waals surface area (Å²) in [4.78, 5) is 12.2. The van der Waals surface area contributed by atoms with E-state index in [1.807, 2.05) is 6.07 Å². The van der Waals surface area contributed by atoms with E-state index >= 15 is 0 Å². The van der Waals surface area contributed by atoms with Crippen LogP contribution in [0.3, 0.4) is 0 Å². The number of aromatic nitrogens is 1. The molecule has 2 atom stereocenters. The van der Waals surface area contributed by atoms with Crippen LogP contribution in [0, 0.1) is 18.7 Å². The van der Waals surface area contributed by atoms with Crippen LogP contribution >= 0.6 is 0 Å². The molecule has 3 rings (SSSR count).